The fraction of sp³-hybridized carbons (Fsp3) is 0.211. The zero-order chi connectivity index (χ0) is 30.7. The van der Waals surface area contributed by atoms with E-state index in [0.29, 0.717) is 37.2 Å². The van der Waals surface area contributed by atoms with Crippen molar-refractivity contribution in [2.45, 2.75) is 25.0 Å². The highest BCUT2D eigenvalue weighted by atomic mass is 16.5. The number of nitrogens with zero attached hydrogens (tertiary/aromatic N) is 1. The molecule has 5 rings (SSSR count). The number of benzene rings is 5. The molecule has 2 atom stereocenters. The standard InChI is InChI=1S/C38H38N2O4/c1-44-26-25-40(38(43)32-14-6-3-7-15-32)24-23-36(41)35(27-28-19-21-30(22-20-28)29-11-4-2-5-12-29)39-37(42)34-18-10-16-31-13-8-9-17-33(31)34/h2-22,35-36,41H,23-27H2,1H3,(H,39,42). The second kappa shape index (κ2) is 15.1. The Labute approximate surface area is 258 Å². The SMILES string of the molecule is COCCN(CCC(O)C(Cc1ccc(-c2ccccc2)cc1)NC(=O)c1cccc2ccccc12)C(=O)c1ccccc1. The number of aliphatic hydroxyl groups excluding tert-OH is 1. The van der Waals surface area contributed by atoms with Crippen LogP contribution in [0, 0.1) is 0 Å². The minimum Gasteiger partial charge on any atom is -0.391 e. The maximum absolute atomic E-state index is 13.7. The molecule has 0 spiro atoms. The zero-order valence-corrected chi connectivity index (χ0v) is 24.9. The Morgan fingerprint density at radius 2 is 1.39 bits per heavy atom. The van der Waals surface area contributed by atoms with Gasteiger partial charge in [-0.2, -0.15) is 0 Å². The summed E-state index contributed by atoms with van der Waals surface area (Å²) in [5.41, 5.74) is 4.35. The second-order valence-electron chi connectivity index (χ2n) is 10.9. The van der Waals surface area contributed by atoms with Crippen molar-refractivity contribution in [2.24, 2.45) is 0 Å². The Hall–Kier alpha value is -4.78. The first kappa shape index (κ1) is 30.7. The van der Waals surface area contributed by atoms with Crippen molar-refractivity contribution in [3.63, 3.8) is 0 Å². The number of carbonyl (C=O) groups excluding carboxylic acids is 2. The van der Waals surface area contributed by atoms with Gasteiger partial charge in [-0.25, -0.2) is 0 Å². The van der Waals surface area contributed by atoms with Gasteiger partial charge in [-0.05, 0) is 58.5 Å². The van der Waals surface area contributed by atoms with Crippen LogP contribution in [0.1, 0.15) is 32.7 Å². The number of hydrogen-bond donors (Lipinski definition) is 2. The average Bonchev–Trinajstić information content (AvgIpc) is 3.08. The first-order valence-corrected chi connectivity index (χ1v) is 15.0. The van der Waals surface area contributed by atoms with Crippen LogP contribution in [-0.4, -0.2) is 60.8 Å². The van der Waals surface area contributed by atoms with Gasteiger partial charge in [-0.15, -0.1) is 0 Å². The van der Waals surface area contributed by atoms with E-state index < -0.39 is 12.1 Å². The van der Waals surface area contributed by atoms with E-state index in [1.165, 1.54) is 0 Å². The predicted molar refractivity (Wildman–Crippen MR) is 176 cm³/mol. The van der Waals surface area contributed by atoms with Crippen LogP contribution in [0.2, 0.25) is 0 Å². The number of carbonyl (C=O) groups is 2. The molecule has 0 radical (unpaired) electrons. The van der Waals surface area contributed by atoms with E-state index in [-0.39, 0.29) is 18.2 Å². The molecule has 44 heavy (non-hydrogen) atoms. The van der Waals surface area contributed by atoms with Gasteiger partial charge in [0.05, 0.1) is 18.8 Å². The van der Waals surface area contributed by atoms with Crippen LogP contribution in [0.4, 0.5) is 0 Å². The Kier molecular flexibility index (Phi) is 10.5. The monoisotopic (exact) mass is 586 g/mol. The van der Waals surface area contributed by atoms with E-state index in [9.17, 15) is 14.7 Å². The van der Waals surface area contributed by atoms with E-state index in [2.05, 4.69) is 29.6 Å². The van der Waals surface area contributed by atoms with E-state index >= 15 is 0 Å². The molecule has 0 bridgehead atoms. The summed E-state index contributed by atoms with van der Waals surface area (Å²) in [4.78, 5) is 28.6. The zero-order valence-electron chi connectivity index (χ0n) is 24.9. The maximum Gasteiger partial charge on any atom is 0.253 e. The summed E-state index contributed by atoms with van der Waals surface area (Å²) in [6.07, 6.45) is -0.196. The molecule has 5 aromatic carbocycles. The normalized spacial score (nSPS) is 12.4. The molecule has 224 valence electrons. The van der Waals surface area contributed by atoms with E-state index in [0.717, 1.165) is 27.5 Å². The van der Waals surface area contributed by atoms with Crippen LogP contribution >= 0.6 is 0 Å². The summed E-state index contributed by atoms with van der Waals surface area (Å²) in [7, 11) is 1.60. The lowest BCUT2D eigenvalue weighted by atomic mass is 9.96. The molecule has 6 heteroatoms. The van der Waals surface area contributed by atoms with Gasteiger partial charge in [0, 0.05) is 31.3 Å². The number of aliphatic hydroxyl groups is 1. The molecule has 0 saturated carbocycles. The van der Waals surface area contributed by atoms with Crippen molar-refractivity contribution in [1.29, 1.82) is 0 Å². The van der Waals surface area contributed by atoms with Crippen molar-refractivity contribution >= 4 is 22.6 Å². The van der Waals surface area contributed by atoms with Crippen molar-refractivity contribution in [3.8, 4) is 11.1 Å². The van der Waals surface area contributed by atoms with Crippen molar-refractivity contribution < 1.29 is 19.4 Å². The Morgan fingerprint density at radius 3 is 2.11 bits per heavy atom. The Morgan fingerprint density at radius 1 is 0.750 bits per heavy atom. The molecule has 0 fully saturated rings. The number of hydrogen-bond acceptors (Lipinski definition) is 4. The summed E-state index contributed by atoms with van der Waals surface area (Å²) < 4.78 is 5.26. The predicted octanol–water partition coefficient (Wildman–Crippen LogP) is 6.39. The van der Waals surface area contributed by atoms with Crippen LogP contribution in [0.25, 0.3) is 21.9 Å². The number of rotatable bonds is 13. The topological polar surface area (TPSA) is 78.9 Å². The molecule has 0 aliphatic heterocycles. The molecule has 2 unspecified atom stereocenters. The van der Waals surface area contributed by atoms with Gasteiger partial charge in [0.25, 0.3) is 11.8 Å². The van der Waals surface area contributed by atoms with E-state index in [1.807, 2.05) is 84.9 Å². The third kappa shape index (κ3) is 7.78. The van der Waals surface area contributed by atoms with Crippen molar-refractivity contribution in [3.05, 3.63) is 144 Å². The molecule has 2 amide bonds. The molecular weight excluding hydrogens is 548 g/mol. The Bertz CT molecular complexity index is 1650. The van der Waals surface area contributed by atoms with Gasteiger partial charge in [0.2, 0.25) is 0 Å². The molecule has 0 aliphatic carbocycles. The largest absolute Gasteiger partial charge is 0.391 e. The van der Waals surface area contributed by atoms with Gasteiger partial charge < -0.3 is 20.1 Å². The first-order chi connectivity index (χ1) is 21.5. The van der Waals surface area contributed by atoms with Gasteiger partial charge in [-0.1, -0.05) is 109 Å². The molecule has 0 saturated heterocycles. The molecule has 5 aromatic rings. The summed E-state index contributed by atoms with van der Waals surface area (Å²) in [6, 6.07) is 40.3. The smallest absolute Gasteiger partial charge is 0.253 e. The van der Waals surface area contributed by atoms with Crippen LogP contribution < -0.4 is 5.32 Å². The lowest BCUT2D eigenvalue weighted by Gasteiger charge is -2.28. The molecule has 0 heterocycles. The highest BCUT2D eigenvalue weighted by molar-refractivity contribution is 6.07. The second-order valence-corrected chi connectivity index (χ2v) is 10.9. The number of fused-ring (bicyclic) bond motifs is 1. The number of methoxy groups -OCH3 is 1. The average molecular weight is 587 g/mol. The lowest BCUT2D eigenvalue weighted by molar-refractivity contribution is 0.0595. The van der Waals surface area contributed by atoms with Crippen molar-refractivity contribution in [2.75, 3.05) is 26.8 Å². The highest BCUT2D eigenvalue weighted by Gasteiger charge is 2.25. The minimum atomic E-state index is -0.906. The van der Waals surface area contributed by atoms with E-state index in [1.54, 1.807) is 30.2 Å². The number of nitrogens with one attached hydrogen (secondary N) is 1. The first-order valence-electron chi connectivity index (χ1n) is 15.0. The van der Waals surface area contributed by atoms with Gasteiger partial charge >= 0.3 is 0 Å². The third-order valence-electron chi connectivity index (χ3n) is 7.90. The summed E-state index contributed by atoms with van der Waals surface area (Å²) in [6.45, 7) is 1.08. The van der Waals surface area contributed by atoms with Crippen LogP contribution in [0.3, 0.4) is 0 Å². The number of amides is 2. The lowest BCUT2D eigenvalue weighted by Crippen LogP contribution is -2.46. The third-order valence-corrected chi connectivity index (χ3v) is 7.90. The highest BCUT2D eigenvalue weighted by Crippen LogP contribution is 2.22. The quantitative estimate of drug-likeness (QED) is 0.168. The molecule has 0 aliphatic rings. The van der Waals surface area contributed by atoms with Gasteiger partial charge in [0.15, 0.2) is 0 Å². The fourth-order valence-electron chi connectivity index (χ4n) is 5.44. The minimum absolute atomic E-state index is 0.123. The summed E-state index contributed by atoms with van der Waals surface area (Å²) >= 11 is 0. The van der Waals surface area contributed by atoms with Crippen LogP contribution in [0.15, 0.2) is 127 Å². The van der Waals surface area contributed by atoms with E-state index in [4.69, 9.17) is 4.74 Å². The summed E-state index contributed by atoms with van der Waals surface area (Å²) in [5, 5.41) is 16.5. The van der Waals surface area contributed by atoms with Gasteiger partial charge in [-0.3, -0.25) is 9.59 Å². The fourth-order valence-corrected chi connectivity index (χ4v) is 5.44. The van der Waals surface area contributed by atoms with Crippen LogP contribution in [-0.2, 0) is 11.2 Å². The van der Waals surface area contributed by atoms with Crippen LogP contribution in [0.5, 0.6) is 0 Å². The van der Waals surface area contributed by atoms with Gasteiger partial charge in [0.1, 0.15) is 0 Å². The molecule has 6 nitrogen and oxygen atoms in total. The number of ether oxygens (including phenoxy) is 1. The van der Waals surface area contributed by atoms with Crippen molar-refractivity contribution in [1.82, 2.24) is 10.2 Å². The summed E-state index contributed by atoms with van der Waals surface area (Å²) in [5.74, 6) is -0.369. The molecular formula is C38H38N2O4. The molecule has 0 aromatic heterocycles. The Balaban J connectivity index is 1.36. The maximum atomic E-state index is 13.7. The molecule has 2 N–H and O–H groups in total.